The van der Waals surface area contributed by atoms with Gasteiger partial charge in [0.2, 0.25) is 0 Å². The van der Waals surface area contributed by atoms with Crippen LogP contribution in [0.1, 0.15) is 135 Å². The number of carbonyl (C=O) groups excluding carboxylic acids is 1. The molecule has 0 amide bonds. The number of hydrogen-bond acceptors (Lipinski definition) is 4. The molecule has 2 heterocycles. The number of fused-ring (bicyclic) bond motifs is 2. The van der Waals surface area contributed by atoms with E-state index in [0.29, 0.717) is 11.5 Å². The summed E-state index contributed by atoms with van der Waals surface area (Å²) in [5.41, 5.74) is 5.98. The summed E-state index contributed by atoms with van der Waals surface area (Å²) in [7, 11) is 0. The maximum absolute atomic E-state index is 12.5. The summed E-state index contributed by atoms with van der Waals surface area (Å²) < 4.78 is 38.7. The van der Waals surface area contributed by atoms with E-state index in [2.05, 4.69) is 94.4 Å². The first kappa shape index (κ1) is 45.8. The Kier molecular flexibility index (Phi) is 14.3. The first-order valence-electron chi connectivity index (χ1n) is 20.7. The largest absolute Gasteiger partial charge is 0.512 e. The van der Waals surface area contributed by atoms with Gasteiger partial charge < -0.3 is 5.11 Å². The zero-order valence-electron chi connectivity index (χ0n) is 35.3. The second-order valence-corrected chi connectivity index (χ2v) is 19.7. The number of thiophene rings is 1. The maximum atomic E-state index is 12.5. The van der Waals surface area contributed by atoms with E-state index in [1.807, 2.05) is 17.5 Å². The van der Waals surface area contributed by atoms with Gasteiger partial charge in [-0.3, -0.25) is 9.78 Å². The number of alkyl halides is 3. The molecule has 2 aromatic heterocycles. The molecule has 2 fully saturated rings. The summed E-state index contributed by atoms with van der Waals surface area (Å²) in [4.78, 5) is 17.7. The average molecular weight is 987 g/mol. The fourth-order valence-corrected chi connectivity index (χ4v) is 10.1. The van der Waals surface area contributed by atoms with Crippen molar-refractivity contribution < 1.29 is 43.2 Å². The van der Waals surface area contributed by atoms with Crippen molar-refractivity contribution in [2.24, 2.45) is 16.7 Å². The number of ketones is 1. The molecular formula is C50H59F3IrNO2S-. The van der Waals surface area contributed by atoms with Gasteiger partial charge in [-0.2, -0.15) is 13.2 Å². The van der Waals surface area contributed by atoms with Gasteiger partial charge in [-0.15, -0.1) is 40.5 Å². The molecule has 5 aromatic rings. The maximum Gasteiger partial charge on any atom is 0.401 e. The Bertz CT molecular complexity index is 2230. The van der Waals surface area contributed by atoms with E-state index >= 15 is 0 Å². The van der Waals surface area contributed by atoms with Crippen molar-refractivity contribution >= 4 is 38.0 Å². The monoisotopic (exact) mass is 987 g/mol. The van der Waals surface area contributed by atoms with Gasteiger partial charge in [0.05, 0.1) is 5.76 Å². The number of nitrogens with zero attached hydrogens (tertiary/aromatic N) is 1. The summed E-state index contributed by atoms with van der Waals surface area (Å²) in [6, 6.07) is 26.5. The number of carbonyl (C=O) groups is 1. The normalized spacial score (nSPS) is 16.7. The van der Waals surface area contributed by atoms with Crippen molar-refractivity contribution in [2.45, 2.75) is 137 Å². The number of aliphatic hydroxyl groups is 1. The molecule has 2 aliphatic carbocycles. The Labute approximate surface area is 361 Å². The molecule has 1 spiro atoms. The molecule has 58 heavy (non-hydrogen) atoms. The van der Waals surface area contributed by atoms with Crippen LogP contribution < -0.4 is 0 Å². The smallest absolute Gasteiger partial charge is 0.401 e. The first-order valence-corrected chi connectivity index (χ1v) is 21.6. The second-order valence-electron chi connectivity index (χ2n) is 18.7. The van der Waals surface area contributed by atoms with Crippen molar-refractivity contribution in [2.75, 3.05) is 0 Å². The summed E-state index contributed by atoms with van der Waals surface area (Å²) in [5.74, 6) is -0.620. The van der Waals surface area contributed by atoms with Crippen LogP contribution in [0.3, 0.4) is 0 Å². The number of rotatable bonds is 7. The Hall–Kier alpha value is -3.32. The van der Waals surface area contributed by atoms with Crippen LogP contribution in [0, 0.1) is 29.7 Å². The van der Waals surface area contributed by atoms with Crippen molar-refractivity contribution in [1.82, 2.24) is 4.98 Å². The fourth-order valence-electron chi connectivity index (χ4n) is 8.81. The fraction of sp³-hybridized carbons (Fsp3) is 0.480. The van der Waals surface area contributed by atoms with Gasteiger partial charge in [0, 0.05) is 54.1 Å². The van der Waals surface area contributed by atoms with E-state index in [1.165, 1.54) is 94.8 Å². The molecule has 0 aliphatic heterocycles. The quantitative estimate of drug-likeness (QED) is 0.100. The van der Waals surface area contributed by atoms with Gasteiger partial charge in [-0.05, 0) is 110 Å². The molecule has 0 atom stereocenters. The van der Waals surface area contributed by atoms with Gasteiger partial charge in [0.15, 0.2) is 5.78 Å². The minimum Gasteiger partial charge on any atom is -0.512 e. The number of pyridine rings is 1. The van der Waals surface area contributed by atoms with Crippen LogP contribution >= 0.6 is 11.3 Å². The SMILES string of the molecule is CC(C)C/C(O)=C/C(=O)C(C)(C)C(F)(F)F.Cc1c(-c2ccc(C3CCC4(CCCCC4)CC3)cc2)sc2c(-c3[c-]c4ccccc4c(C(C)(C)C)c3)nccc12.[Ir]. The number of aromatic nitrogens is 1. The van der Waals surface area contributed by atoms with E-state index in [1.54, 1.807) is 19.4 Å². The summed E-state index contributed by atoms with van der Waals surface area (Å²) in [6.45, 7) is 14.4. The minimum atomic E-state index is -4.61. The van der Waals surface area contributed by atoms with Crippen molar-refractivity contribution in [3.63, 3.8) is 0 Å². The van der Waals surface area contributed by atoms with Gasteiger partial charge in [-0.25, -0.2) is 0 Å². The number of aryl methyl sites for hydroxylation is 1. The average Bonchev–Trinajstić information content (AvgIpc) is 3.50. The molecule has 2 aliphatic rings. The van der Waals surface area contributed by atoms with Crippen LogP contribution in [0.2, 0.25) is 0 Å². The van der Waals surface area contributed by atoms with Crippen LogP contribution in [-0.4, -0.2) is 22.1 Å². The van der Waals surface area contributed by atoms with Crippen LogP contribution in [-0.2, 0) is 30.3 Å². The standard InChI is InChI=1S/C39H42NS.C11H17F3O2.Ir/c1-26-32-18-23-40-35(31-24-30-10-6-7-11-33(30)34(25-31)38(2,3)4)37(32)41-36(26)29-14-12-27(13-15-29)28-16-21-39(22-17-28)19-8-5-9-20-39;1-7(2)5-8(15)6-9(16)10(3,4)11(12,13)14;/h6-7,10-15,18,23,25,28H,5,8-9,16-17,19-22H2,1-4H3;6-7,15H,5H2,1-4H3;/q-1;;/b;8-6-;. The van der Waals surface area contributed by atoms with Gasteiger partial charge in [0.25, 0.3) is 0 Å². The topological polar surface area (TPSA) is 50.2 Å². The third-order valence-corrected chi connectivity index (χ3v) is 13.9. The molecule has 0 bridgehead atoms. The number of allylic oxidation sites excluding steroid dienone is 2. The summed E-state index contributed by atoms with van der Waals surface area (Å²) in [5, 5.41) is 13.0. The van der Waals surface area contributed by atoms with Crippen LogP contribution in [0.5, 0.6) is 0 Å². The Morgan fingerprint density at radius 2 is 1.57 bits per heavy atom. The molecule has 3 aromatic carbocycles. The molecule has 0 unspecified atom stereocenters. The summed E-state index contributed by atoms with van der Waals surface area (Å²) in [6.07, 6.45) is 11.2. The third-order valence-electron chi connectivity index (χ3n) is 12.5. The van der Waals surface area contributed by atoms with Gasteiger partial charge in [0.1, 0.15) is 5.41 Å². The van der Waals surface area contributed by atoms with Gasteiger partial charge >= 0.3 is 6.18 Å². The van der Waals surface area contributed by atoms with Crippen LogP contribution in [0.15, 0.2) is 78.7 Å². The Morgan fingerprint density at radius 1 is 0.931 bits per heavy atom. The number of benzene rings is 3. The van der Waals surface area contributed by atoms with Crippen molar-refractivity contribution in [3.8, 4) is 21.7 Å². The van der Waals surface area contributed by atoms with Crippen LogP contribution in [0.25, 0.3) is 42.6 Å². The molecule has 1 N–H and O–H groups in total. The number of hydrogen-bond donors (Lipinski definition) is 1. The predicted molar refractivity (Wildman–Crippen MR) is 232 cm³/mol. The predicted octanol–water partition coefficient (Wildman–Crippen LogP) is 15.4. The molecule has 8 heteroatoms. The minimum absolute atomic E-state index is 0. The first-order chi connectivity index (χ1) is 26.8. The molecular weight excluding hydrogens is 928 g/mol. The molecule has 0 saturated heterocycles. The van der Waals surface area contributed by atoms with Crippen LogP contribution in [0.4, 0.5) is 13.2 Å². The van der Waals surface area contributed by atoms with E-state index in [-0.39, 0.29) is 43.6 Å². The third kappa shape index (κ3) is 9.99. The molecule has 313 valence electrons. The van der Waals surface area contributed by atoms with E-state index in [0.717, 1.165) is 36.4 Å². The Balaban J connectivity index is 0.000000323. The summed E-state index contributed by atoms with van der Waals surface area (Å²) >= 11 is 1.89. The number of aliphatic hydroxyl groups excluding tert-OH is 1. The van der Waals surface area contributed by atoms with Crippen molar-refractivity contribution in [3.05, 3.63) is 101 Å². The zero-order valence-corrected chi connectivity index (χ0v) is 38.5. The van der Waals surface area contributed by atoms with E-state index in [4.69, 9.17) is 4.98 Å². The number of halogens is 3. The van der Waals surface area contributed by atoms with Gasteiger partial charge in [-0.1, -0.05) is 107 Å². The zero-order chi connectivity index (χ0) is 41.3. The van der Waals surface area contributed by atoms with Crippen molar-refractivity contribution in [1.29, 1.82) is 0 Å². The molecule has 7 rings (SSSR count). The van der Waals surface area contributed by atoms with E-state index < -0.39 is 17.4 Å². The van der Waals surface area contributed by atoms with E-state index in [9.17, 15) is 23.1 Å². The molecule has 1 radical (unpaired) electrons. The second kappa shape index (κ2) is 18.1. The Morgan fingerprint density at radius 3 is 2.17 bits per heavy atom. The molecule has 3 nitrogen and oxygen atoms in total. The molecule has 2 saturated carbocycles.